The second-order valence-electron chi connectivity index (χ2n) is 9.00. The van der Waals surface area contributed by atoms with E-state index >= 15 is 0 Å². The van der Waals surface area contributed by atoms with Gasteiger partial charge in [-0.1, -0.05) is 19.1 Å². The third-order valence-corrected chi connectivity index (χ3v) is 5.99. The van der Waals surface area contributed by atoms with Crippen molar-refractivity contribution in [3.8, 4) is 0 Å². The minimum absolute atomic E-state index is 0.116. The largest absolute Gasteiger partial charge is 0.444 e. The predicted molar refractivity (Wildman–Crippen MR) is 99.3 cm³/mol. The molecule has 0 N–H and O–H groups in total. The van der Waals surface area contributed by atoms with E-state index in [0.717, 1.165) is 12.8 Å². The minimum atomic E-state index is -0.581. The summed E-state index contributed by atoms with van der Waals surface area (Å²) < 4.78 is 5.63. The van der Waals surface area contributed by atoms with Crippen molar-refractivity contribution in [2.24, 2.45) is 11.8 Å². The lowest BCUT2D eigenvalue weighted by Crippen LogP contribution is -2.54. The molecule has 1 aromatic rings. The Morgan fingerprint density at radius 1 is 1.11 bits per heavy atom. The van der Waals surface area contributed by atoms with Crippen molar-refractivity contribution in [1.82, 2.24) is 9.80 Å². The number of piperidine rings is 1. The lowest BCUT2D eigenvalue weighted by Gasteiger charge is -2.40. The smallest absolute Gasteiger partial charge is 0.410 e. The van der Waals surface area contributed by atoms with E-state index in [9.17, 15) is 14.4 Å². The van der Waals surface area contributed by atoms with E-state index in [1.165, 1.54) is 4.90 Å². The van der Waals surface area contributed by atoms with Crippen molar-refractivity contribution in [3.63, 3.8) is 0 Å². The van der Waals surface area contributed by atoms with Gasteiger partial charge >= 0.3 is 6.09 Å². The highest BCUT2D eigenvalue weighted by Crippen LogP contribution is 2.47. The number of nitrogens with zero attached hydrogens (tertiary/aromatic N) is 2. The molecule has 2 unspecified atom stereocenters. The highest BCUT2D eigenvalue weighted by molar-refractivity contribution is 6.21. The first kappa shape index (κ1) is 18.0. The van der Waals surface area contributed by atoms with Gasteiger partial charge in [-0.2, -0.15) is 0 Å². The molecule has 3 amide bonds. The van der Waals surface area contributed by atoms with E-state index < -0.39 is 5.60 Å². The lowest BCUT2D eigenvalue weighted by molar-refractivity contribution is -0.00340. The first-order chi connectivity index (χ1) is 12.7. The number of benzene rings is 1. The molecular formula is C21H26N2O4. The Bertz CT molecular complexity index is 778. The summed E-state index contributed by atoms with van der Waals surface area (Å²) in [5.74, 6) is 0.161. The number of ether oxygens (including phenoxy) is 1. The zero-order valence-corrected chi connectivity index (χ0v) is 16.3. The van der Waals surface area contributed by atoms with E-state index in [4.69, 9.17) is 4.74 Å². The molecule has 2 bridgehead atoms. The van der Waals surface area contributed by atoms with E-state index in [1.807, 2.05) is 20.8 Å². The van der Waals surface area contributed by atoms with Crippen LogP contribution in [0.5, 0.6) is 0 Å². The van der Waals surface area contributed by atoms with Gasteiger partial charge in [0.15, 0.2) is 0 Å². The molecule has 144 valence electrons. The fourth-order valence-corrected chi connectivity index (χ4v) is 4.86. The molecule has 1 aliphatic carbocycles. The summed E-state index contributed by atoms with van der Waals surface area (Å²) in [6.07, 6.45) is 1.58. The molecule has 1 saturated carbocycles. The molecule has 6 nitrogen and oxygen atoms in total. The van der Waals surface area contributed by atoms with Gasteiger partial charge in [0.05, 0.1) is 23.7 Å². The summed E-state index contributed by atoms with van der Waals surface area (Å²) in [4.78, 5) is 41.5. The summed E-state index contributed by atoms with van der Waals surface area (Å²) in [6, 6.07) is 6.83. The molecule has 0 aromatic heterocycles. The maximum atomic E-state index is 12.9. The van der Waals surface area contributed by atoms with Gasteiger partial charge in [-0.25, -0.2) is 4.79 Å². The van der Waals surface area contributed by atoms with Crippen molar-refractivity contribution in [1.29, 1.82) is 0 Å². The summed E-state index contributed by atoms with van der Waals surface area (Å²) >= 11 is 0. The third kappa shape index (κ3) is 2.91. The maximum Gasteiger partial charge on any atom is 0.410 e. The first-order valence-electron chi connectivity index (χ1n) is 9.64. The topological polar surface area (TPSA) is 66.9 Å². The lowest BCUT2D eigenvalue weighted by atomic mass is 9.93. The SMILES string of the molecule is C[C@H]1CC2CC1N(C(=O)OC(C)(C)C)[C@@H]2CN1C(=O)c2ccccc2C1=O. The van der Waals surface area contributed by atoms with Crippen LogP contribution in [-0.2, 0) is 4.74 Å². The standard InChI is InChI=1S/C21H26N2O4/c1-12-9-13-10-16(12)23(20(26)27-21(2,3)4)17(13)11-22-18(24)14-7-5-6-8-15(14)19(22)25/h5-8,12-13,16-17H,9-11H2,1-4H3/t12-,13?,16?,17+/m0/s1. The molecule has 6 heteroatoms. The van der Waals surface area contributed by atoms with Crippen LogP contribution in [0, 0.1) is 11.8 Å². The number of carbonyl (C=O) groups is 3. The number of hydrogen-bond donors (Lipinski definition) is 0. The molecule has 2 fully saturated rings. The number of hydrogen-bond acceptors (Lipinski definition) is 4. The summed E-state index contributed by atoms with van der Waals surface area (Å²) in [5.41, 5.74) is 0.313. The van der Waals surface area contributed by atoms with Gasteiger partial charge in [-0.05, 0) is 57.6 Å². The summed E-state index contributed by atoms with van der Waals surface area (Å²) in [7, 11) is 0. The van der Waals surface area contributed by atoms with Crippen molar-refractivity contribution in [2.45, 2.75) is 58.2 Å². The Morgan fingerprint density at radius 3 is 2.26 bits per heavy atom. The fourth-order valence-electron chi connectivity index (χ4n) is 4.86. The summed E-state index contributed by atoms with van der Waals surface area (Å²) in [6.45, 7) is 7.94. The van der Waals surface area contributed by atoms with Gasteiger partial charge in [0.25, 0.3) is 11.8 Å². The minimum Gasteiger partial charge on any atom is -0.444 e. The molecule has 1 saturated heterocycles. The Balaban J connectivity index is 1.58. The van der Waals surface area contributed by atoms with E-state index in [0.29, 0.717) is 23.0 Å². The van der Waals surface area contributed by atoms with Crippen molar-refractivity contribution in [2.75, 3.05) is 6.54 Å². The van der Waals surface area contributed by atoms with Gasteiger partial charge in [-0.3, -0.25) is 19.4 Å². The Kier molecular flexibility index (Phi) is 4.05. The Hall–Kier alpha value is -2.37. The van der Waals surface area contributed by atoms with Crippen LogP contribution >= 0.6 is 0 Å². The maximum absolute atomic E-state index is 12.9. The van der Waals surface area contributed by atoms with Gasteiger partial charge < -0.3 is 4.74 Å². The first-order valence-corrected chi connectivity index (χ1v) is 9.64. The van der Waals surface area contributed by atoms with Crippen LogP contribution in [0.4, 0.5) is 4.79 Å². The molecule has 0 radical (unpaired) electrons. The predicted octanol–water partition coefficient (Wildman–Crippen LogP) is 3.32. The van der Waals surface area contributed by atoms with Gasteiger partial charge in [0, 0.05) is 6.04 Å². The van der Waals surface area contributed by atoms with Crippen LogP contribution in [0.15, 0.2) is 24.3 Å². The van der Waals surface area contributed by atoms with Crippen LogP contribution in [0.1, 0.15) is 61.3 Å². The number of fused-ring (bicyclic) bond motifs is 3. The number of carbonyl (C=O) groups excluding carboxylic acids is 3. The van der Waals surface area contributed by atoms with Gasteiger partial charge in [-0.15, -0.1) is 0 Å². The van der Waals surface area contributed by atoms with Crippen molar-refractivity contribution < 1.29 is 19.1 Å². The number of likely N-dealkylation sites (tertiary alicyclic amines) is 1. The molecule has 1 aromatic carbocycles. The zero-order valence-electron chi connectivity index (χ0n) is 16.3. The monoisotopic (exact) mass is 370 g/mol. The van der Waals surface area contributed by atoms with E-state index in [2.05, 4.69) is 6.92 Å². The molecule has 2 aliphatic heterocycles. The van der Waals surface area contributed by atoms with E-state index in [1.54, 1.807) is 29.2 Å². The normalized spacial score (nSPS) is 29.5. The number of amides is 3. The fraction of sp³-hybridized carbons (Fsp3) is 0.571. The molecule has 0 spiro atoms. The molecule has 4 atom stereocenters. The zero-order chi connectivity index (χ0) is 19.5. The van der Waals surface area contributed by atoms with Crippen molar-refractivity contribution in [3.05, 3.63) is 35.4 Å². The van der Waals surface area contributed by atoms with Crippen LogP contribution < -0.4 is 0 Å². The Labute approximate surface area is 159 Å². The molecule has 3 aliphatic rings. The number of rotatable bonds is 2. The molecule has 27 heavy (non-hydrogen) atoms. The molecule has 2 heterocycles. The highest BCUT2D eigenvalue weighted by atomic mass is 16.6. The van der Waals surface area contributed by atoms with Crippen LogP contribution in [0.3, 0.4) is 0 Å². The average molecular weight is 370 g/mol. The van der Waals surface area contributed by atoms with Gasteiger partial charge in [0.1, 0.15) is 5.60 Å². The summed E-state index contributed by atoms with van der Waals surface area (Å²) in [5, 5.41) is 0. The molecule has 4 rings (SSSR count). The quantitative estimate of drug-likeness (QED) is 0.749. The molecular weight excluding hydrogens is 344 g/mol. The van der Waals surface area contributed by atoms with E-state index in [-0.39, 0.29) is 36.5 Å². The van der Waals surface area contributed by atoms with Crippen LogP contribution in [0.2, 0.25) is 0 Å². The van der Waals surface area contributed by atoms with Crippen molar-refractivity contribution >= 4 is 17.9 Å². The van der Waals surface area contributed by atoms with Crippen LogP contribution in [-0.4, -0.2) is 51.9 Å². The highest BCUT2D eigenvalue weighted by Gasteiger charge is 2.54. The second-order valence-corrected chi connectivity index (χ2v) is 9.00. The average Bonchev–Trinajstić information content (AvgIpc) is 3.20. The van der Waals surface area contributed by atoms with Gasteiger partial charge in [0.2, 0.25) is 0 Å². The number of imide groups is 1. The van der Waals surface area contributed by atoms with Crippen LogP contribution in [0.25, 0.3) is 0 Å². The second kappa shape index (κ2) is 6.08. The Morgan fingerprint density at radius 2 is 1.70 bits per heavy atom. The third-order valence-electron chi connectivity index (χ3n) is 5.99.